The first-order valence-corrected chi connectivity index (χ1v) is 11.1. The molecular formula is C24H29ClN4O3. The van der Waals surface area contributed by atoms with Crippen molar-refractivity contribution < 1.29 is 14.3 Å². The molecule has 2 heterocycles. The van der Waals surface area contributed by atoms with Gasteiger partial charge in [-0.2, -0.15) is 5.10 Å². The van der Waals surface area contributed by atoms with Crippen LogP contribution < -0.4 is 9.47 Å². The van der Waals surface area contributed by atoms with Gasteiger partial charge in [0, 0.05) is 49.3 Å². The van der Waals surface area contributed by atoms with E-state index in [0.29, 0.717) is 29.5 Å². The number of amides is 1. The first-order valence-electron chi connectivity index (χ1n) is 10.8. The molecule has 0 unspecified atom stereocenters. The molecule has 0 saturated carbocycles. The molecule has 0 aliphatic carbocycles. The summed E-state index contributed by atoms with van der Waals surface area (Å²) in [7, 11) is 5.34. The summed E-state index contributed by atoms with van der Waals surface area (Å²) < 4.78 is 10.9. The number of ether oxygens (including phenoxy) is 2. The Hall–Kier alpha value is -2.61. The average molecular weight is 457 g/mol. The van der Waals surface area contributed by atoms with Crippen LogP contribution in [0.15, 0.2) is 47.6 Å². The number of nitrogens with zero attached hydrogens (tertiary/aromatic N) is 4. The van der Waals surface area contributed by atoms with E-state index in [0.717, 1.165) is 43.0 Å². The standard InChI is InChI=1S/C24H29ClN4O3/c1-27-10-12-28(13-11-27)16-24(30)29-22(18-6-4-5-7-20(18)25)15-21(26-29)19-9-8-17(31-2)14-23(19)32-3/h4-9,14,22H,10-13,15-16H2,1-3H3/t22-/m0/s1. The predicted octanol–water partition coefficient (Wildman–Crippen LogP) is 3.28. The van der Waals surface area contributed by atoms with Crippen LogP contribution in [0.25, 0.3) is 0 Å². The molecule has 1 amide bonds. The second-order valence-corrected chi connectivity index (χ2v) is 8.58. The van der Waals surface area contributed by atoms with E-state index in [1.54, 1.807) is 19.2 Å². The summed E-state index contributed by atoms with van der Waals surface area (Å²) in [6.45, 7) is 3.99. The summed E-state index contributed by atoms with van der Waals surface area (Å²) in [6, 6.07) is 13.0. The molecule has 1 fully saturated rings. The number of methoxy groups -OCH3 is 2. The minimum atomic E-state index is -0.259. The fourth-order valence-corrected chi connectivity index (χ4v) is 4.46. The minimum absolute atomic E-state index is 0.0260. The molecule has 2 aliphatic heterocycles. The number of carbonyl (C=O) groups is 1. The molecule has 0 bridgehead atoms. The molecule has 0 N–H and O–H groups in total. The summed E-state index contributed by atoms with van der Waals surface area (Å²) in [6.07, 6.45) is 0.556. The van der Waals surface area contributed by atoms with Gasteiger partial charge in [0.1, 0.15) is 11.5 Å². The summed E-state index contributed by atoms with van der Waals surface area (Å²) in [5, 5.41) is 7.03. The molecule has 0 spiro atoms. The third kappa shape index (κ3) is 4.75. The van der Waals surface area contributed by atoms with Crippen molar-refractivity contribution >= 4 is 23.2 Å². The van der Waals surface area contributed by atoms with E-state index in [9.17, 15) is 4.79 Å². The quantitative estimate of drug-likeness (QED) is 0.667. The van der Waals surface area contributed by atoms with Crippen LogP contribution in [0.1, 0.15) is 23.6 Å². The zero-order valence-corrected chi connectivity index (χ0v) is 19.5. The van der Waals surface area contributed by atoms with Crippen molar-refractivity contribution in [3.63, 3.8) is 0 Å². The van der Waals surface area contributed by atoms with Crippen LogP contribution >= 0.6 is 11.6 Å². The highest BCUT2D eigenvalue weighted by molar-refractivity contribution is 6.31. The maximum Gasteiger partial charge on any atom is 0.257 e. The largest absolute Gasteiger partial charge is 0.497 e. The van der Waals surface area contributed by atoms with Crippen LogP contribution in [-0.2, 0) is 4.79 Å². The summed E-state index contributed by atoms with van der Waals surface area (Å²) in [5.41, 5.74) is 2.54. The zero-order chi connectivity index (χ0) is 22.7. The second-order valence-electron chi connectivity index (χ2n) is 8.17. The lowest BCUT2D eigenvalue weighted by atomic mass is 9.97. The Bertz CT molecular complexity index is 1000. The lowest BCUT2D eigenvalue weighted by Crippen LogP contribution is -2.48. The number of benzene rings is 2. The third-order valence-corrected chi connectivity index (χ3v) is 6.45. The Morgan fingerprint density at radius 1 is 1.09 bits per heavy atom. The monoisotopic (exact) mass is 456 g/mol. The number of carbonyl (C=O) groups excluding carboxylic acids is 1. The van der Waals surface area contributed by atoms with Gasteiger partial charge in [-0.25, -0.2) is 5.01 Å². The molecule has 32 heavy (non-hydrogen) atoms. The number of hydrogen-bond donors (Lipinski definition) is 0. The number of likely N-dealkylation sites (N-methyl/N-ethyl adjacent to an activating group) is 1. The van der Waals surface area contributed by atoms with Gasteiger partial charge in [-0.1, -0.05) is 29.8 Å². The van der Waals surface area contributed by atoms with Crippen LogP contribution in [0.5, 0.6) is 11.5 Å². The first kappa shape index (κ1) is 22.6. The van der Waals surface area contributed by atoms with Gasteiger partial charge in [0.05, 0.1) is 32.5 Å². The minimum Gasteiger partial charge on any atom is -0.497 e. The van der Waals surface area contributed by atoms with Gasteiger partial charge in [0.2, 0.25) is 0 Å². The number of halogens is 1. The van der Waals surface area contributed by atoms with Gasteiger partial charge in [0.25, 0.3) is 5.91 Å². The van der Waals surface area contributed by atoms with E-state index in [4.69, 9.17) is 26.2 Å². The van der Waals surface area contributed by atoms with Crippen molar-refractivity contribution in [1.82, 2.24) is 14.8 Å². The van der Waals surface area contributed by atoms with Crippen molar-refractivity contribution in [2.24, 2.45) is 5.10 Å². The molecule has 1 saturated heterocycles. The van der Waals surface area contributed by atoms with Crippen LogP contribution in [0.2, 0.25) is 5.02 Å². The molecule has 0 radical (unpaired) electrons. The number of hydrogen-bond acceptors (Lipinski definition) is 6. The van der Waals surface area contributed by atoms with Gasteiger partial charge >= 0.3 is 0 Å². The summed E-state index contributed by atoms with van der Waals surface area (Å²) >= 11 is 6.53. The summed E-state index contributed by atoms with van der Waals surface area (Å²) in [5.74, 6) is 1.34. The molecular weight excluding hydrogens is 428 g/mol. The van der Waals surface area contributed by atoms with E-state index >= 15 is 0 Å². The zero-order valence-electron chi connectivity index (χ0n) is 18.8. The number of piperazine rings is 1. The molecule has 8 heteroatoms. The van der Waals surface area contributed by atoms with Crippen LogP contribution in [-0.4, -0.2) is 80.4 Å². The lowest BCUT2D eigenvalue weighted by molar-refractivity contribution is -0.134. The number of rotatable bonds is 6. The molecule has 2 aromatic carbocycles. The Kier molecular flexibility index (Phi) is 6.98. The predicted molar refractivity (Wildman–Crippen MR) is 126 cm³/mol. The first-order chi connectivity index (χ1) is 15.5. The van der Waals surface area contributed by atoms with Gasteiger partial charge in [-0.05, 0) is 30.8 Å². The van der Waals surface area contributed by atoms with E-state index in [1.165, 1.54) is 0 Å². The molecule has 0 aromatic heterocycles. The van der Waals surface area contributed by atoms with Gasteiger partial charge in [-0.3, -0.25) is 9.69 Å². The normalized spacial score (nSPS) is 19.7. The Labute approximate surface area is 194 Å². The van der Waals surface area contributed by atoms with Gasteiger partial charge in [-0.15, -0.1) is 0 Å². The smallest absolute Gasteiger partial charge is 0.257 e. The van der Waals surface area contributed by atoms with E-state index in [1.807, 2.05) is 42.5 Å². The third-order valence-electron chi connectivity index (χ3n) is 6.10. The second kappa shape index (κ2) is 9.90. The Morgan fingerprint density at radius 2 is 1.84 bits per heavy atom. The highest BCUT2D eigenvalue weighted by Crippen LogP contribution is 2.38. The van der Waals surface area contributed by atoms with E-state index in [-0.39, 0.29) is 11.9 Å². The summed E-state index contributed by atoms with van der Waals surface area (Å²) in [4.78, 5) is 17.9. The molecule has 4 rings (SSSR count). The average Bonchev–Trinajstić information content (AvgIpc) is 3.25. The maximum atomic E-state index is 13.4. The van der Waals surface area contributed by atoms with Crippen molar-refractivity contribution in [2.75, 3.05) is 54.0 Å². The molecule has 170 valence electrons. The molecule has 2 aromatic rings. The Balaban J connectivity index is 1.64. The van der Waals surface area contributed by atoms with Crippen molar-refractivity contribution in [3.05, 3.63) is 58.6 Å². The van der Waals surface area contributed by atoms with Crippen LogP contribution in [0.4, 0.5) is 0 Å². The van der Waals surface area contributed by atoms with Crippen molar-refractivity contribution in [3.8, 4) is 11.5 Å². The lowest BCUT2D eigenvalue weighted by Gasteiger charge is -2.33. The number of hydrazone groups is 1. The van der Waals surface area contributed by atoms with E-state index in [2.05, 4.69) is 16.8 Å². The van der Waals surface area contributed by atoms with Gasteiger partial charge in [0.15, 0.2) is 0 Å². The van der Waals surface area contributed by atoms with Crippen molar-refractivity contribution in [2.45, 2.75) is 12.5 Å². The van der Waals surface area contributed by atoms with Crippen LogP contribution in [0, 0.1) is 0 Å². The molecule has 1 atom stereocenters. The molecule has 2 aliphatic rings. The maximum absolute atomic E-state index is 13.4. The van der Waals surface area contributed by atoms with Gasteiger partial charge < -0.3 is 14.4 Å². The molecule has 7 nitrogen and oxygen atoms in total. The van der Waals surface area contributed by atoms with Crippen LogP contribution in [0.3, 0.4) is 0 Å². The highest BCUT2D eigenvalue weighted by Gasteiger charge is 2.35. The fourth-order valence-electron chi connectivity index (χ4n) is 4.20. The SMILES string of the molecule is COc1ccc(C2=NN(C(=O)CN3CCN(C)CC3)[C@H](c3ccccc3Cl)C2)c(OC)c1. The topological polar surface area (TPSA) is 57.6 Å². The fraction of sp³-hybridized carbons (Fsp3) is 0.417. The van der Waals surface area contributed by atoms with E-state index < -0.39 is 0 Å². The highest BCUT2D eigenvalue weighted by atomic mass is 35.5. The van der Waals surface area contributed by atoms with Crippen molar-refractivity contribution in [1.29, 1.82) is 0 Å². The Morgan fingerprint density at radius 3 is 2.53 bits per heavy atom.